The van der Waals surface area contributed by atoms with E-state index in [1.165, 1.54) is 11.1 Å². The molecule has 0 fully saturated rings. The van der Waals surface area contributed by atoms with Gasteiger partial charge in [0.2, 0.25) is 0 Å². The second-order valence-corrected chi connectivity index (χ2v) is 3.23. The van der Waals surface area contributed by atoms with Crippen molar-refractivity contribution in [2.24, 2.45) is 0 Å². The predicted molar refractivity (Wildman–Crippen MR) is 64.2 cm³/mol. The van der Waals surface area contributed by atoms with Crippen LogP contribution in [-0.2, 0) is 0 Å². The van der Waals surface area contributed by atoms with Gasteiger partial charge in [0.15, 0.2) is 0 Å². The van der Waals surface area contributed by atoms with Gasteiger partial charge in [-0.2, -0.15) is 0 Å². The normalized spacial score (nSPS) is 11.3. The van der Waals surface area contributed by atoms with Gasteiger partial charge in [0.1, 0.15) is 0 Å². The van der Waals surface area contributed by atoms with Crippen LogP contribution in [0.3, 0.4) is 0 Å². The van der Waals surface area contributed by atoms with Crippen LogP contribution >= 0.6 is 0 Å². The third-order valence-corrected chi connectivity index (χ3v) is 2.09. The van der Waals surface area contributed by atoms with Crippen molar-refractivity contribution >= 4 is 5.57 Å². The minimum atomic E-state index is 1.06. The number of aryl methyl sites for hydroxylation is 1. The summed E-state index contributed by atoms with van der Waals surface area (Å²) in [6.45, 7) is 8.14. The van der Waals surface area contributed by atoms with Crippen LogP contribution in [0.4, 0.5) is 0 Å². The fourth-order valence-corrected chi connectivity index (χ4v) is 1.31. The van der Waals surface area contributed by atoms with E-state index in [0.717, 1.165) is 5.57 Å². The summed E-state index contributed by atoms with van der Waals surface area (Å²) in [7, 11) is 0. The van der Waals surface area contributed by atoms with Gasteiger partial charge in [-0.1, -0.05) is 55.1 Å². The molecule has 0 aliphatic rings. The molecule has 0 heteroatoms. The zero-order chi connectivity index (χ0) is 10.4. The second kappa shape index (κ2) is 5.23. The zero-order valence-electron chi connectivity index (χ0n) is 8.83. The molecule has 1 rings (SSSR count). The first kappa shape index (κ1) is 10.5. The average molecular weight is 184 g/mol. The lowest BCUT2D eigenvalue weighted by Gasteiger charge is -2.03. The minimum Gasteiger partial charge on any atom is -0.0912 e. The van der Waals surface area contributed by atoms with Crippen molar-refractivity contribution in [2.45, 2.75) is 13.8 Å². The molecule has 72 valence electrons. The van der Waals surface area contributed by atoms with Crippen LogP contribution in [0, 0.1) is 6.92 Å². The molecule has 0 aliphatic heterocycles. The highest BCUT2D eigenvalue weighted by Crippen LogP contribution is 2.17. The average Bonchev–Trinajstić information content (AvgIpc) is 2.18. The van der Waals surface area contributed by atoms with Crippen molar-refractivity contribution in [3.63, 3.8) is 0 Å². The van der Waals surface area contributed by atoms with Crippen molar-refractivity contribution in [3.8, 4) is 0 Å². The Labute approximate surface area is 86.3 Å². The number of rotatable bonds is 3. The van der Waals surface area contributed by atoms with E-state index >= 15 is 0 Å². The molecule has 0 heterocycles. The summed E-state index contributed by atoms with van der Waals surface area (Å²) in [5.74, 6) is 0. The Morgan fingerprint density at radius 2 is 1.93 bits per heavy atom. The molecule has 0 aromatic heterocycles. The quantitative estimate of drug-likeness (QED) is 0.619. The number of hydrogen-bond donors (Lipinski definition) is 0. The van der Waals surface area contributed by atoms with Gasteiger partial charge in [-0.15, -0.1) is 0 Å². The molecule has 14 heavy (non-hydrogen) atoms. The van der Waals surface area contributed by atoms with Crippen LogP contribution in [0.1, 0.15) is 18.1 Å². The molecule has 0 atom stereocenters. The molecule has 0 radical (unpaired) electrons. The summed E-state index contributed by atoms with van der Waals surface area (Å²) in [5.41, 5.74) is 3.54. The predicted octanol–water partition coefficient (Wildman–Crippen LogP) is 4.14. The van der Waals surface area contributed by atoms with Crippen LogP contribution in [0.2, 0.25) is 0 Å². The first-order valence-electron chi connectivity index (χ1n) is 4.80. The molecule has 0 bridgehead atoms. The molecule has 1 aromatic rings. The van der Waals surface area contributed by atoms with Gasteiger partial charge < -0.3 is 0 Å². The fraction of sp³-hybridized carbons (Fsp3) is 0.143. The van der Waals surface area contributed by atoms with Crippen molar-refractivity contribution in [1.82, 2.24) is 0 Å². The Balaban J connectivity index is 2.85. The Hall–Kier alpha value is -1.56. The molecule has 0 amide bonds. The minimum absolute atomic E-state index is 1.06. The van der Waals surface area contributed by atoms with Crippen LogP contribution in [-0.4, -0.2) is 0 Å². The summed E-state index contributed by atoms with van der Waals surface area (Å²) in [6, 6.07) is 8.28. The van der Waals surface area contributed by atoms with Gasteiger partial charge >= 0.3 is 0 Å². The van der Waals surface area contributed by atoms with Gasteiger partial charge in [-0.25, -0.2) is 0 Å². The van der Waals surface area contributed by atoms with Gasteiger partial charge in [-0.05, 0) is 30.5 Å². The van der Waals surface area contributed by atoms with E-state index in [9.17, 15) is 0 Å². The molecular weight excluding hydrogens is 168 g/mol. The molecule has 0 saturated carbocycles. The maximum atomic E-state index is 4.04. The highest BCUT2D eigenvalue weighted by atomic mass is 14.0. The Kier molecular flexibility index (Phi) is 3.93. The standard InChI is InChI=1S/C14H16/c1-4-5-6-9-12(2)14-11-8-7-10-13(14)3/h4-11H,2H2,1,3H3/b5-4-,9-6-. The molecule has 0 saturated heterocycles. The van der Waals surface area contributed by atoms with E-state index in [-0.39, 0.29) is 0 Å². The van der Waals surface area contributed by atoms with Crippen molar-refractivity contribution in [2.75, 3.05) is 0 Å². The SMILES string of the molecule is C=C(/C=C\C=C/C)c1ccccc1C. The molecule has 1 aromatic carbocycles. The summed E-state index contributed by atoms with van der Waals surface area (Å²) >= 11 is 0. The van der Waals surface area contributed by atoms with Gasteiger partial charge in [0.25, 0.3) is 0 Å². The van der Waals surface area contributed by atoms with Crippen LogP contribution in [0.25, 0.3) is 5.57 Å². The molecule has 0 unspecified atom stereocenters. The van der Waals surface area contributed by atoms with Gasteiger partial charge in [0, 0.05) is 0 Å². The zero-order valence-corrected chi connectivity index (χ0v) is 8.83. The van der Waals surface area contributed by atoms with Gasteiger partial charge in [0.05, 0.1) is 0 Å². The number of hydrogen-bond acceptors (Lipinski definition) is 0. The van der Waals surface area contributed by atoms with Crippen LogP contribution in [0.5, 0.6) is 0 Å². The largest absolute Gasteiger partial charge is 0.0912 e. The monoisotopic (exact) mass is 184 g/mol. The van der Waals surface area contributed by atoms with Crippen LogP contribution in [0.15, 0.2) is 55.1 Å². The van der Waals surface area contributed by atoms with Crippen molar-refractivity contribution in [3.05, 3.63) is 66.3 Å². The first-order valence-corrected chi connectivity index (χ1v) is 4.80. The Morgan fingerprint density at radius 3 is 2.57 bits per heavy atom. The first-order chi connectivity index (χ1) is 6.75. The highest BCUT2D eigenvalue weighted by molar-refractivity contribution is 5.74. The van der Waals surface area contributed by atoms with E-state index in [1.807, 2.05) is 43.4 Å². The Morgan fingerprint density at radius 1 is 1.21 bits per heavy atom. The number of allylic oxidation sites excluding steroid dienone is 5. The van der Waals surface area contributed by atoms with E-state index in [0.29, 0.717) is 0 Å². The fourth-order valence-electron chi connectivity index (χ4n) is 1.31. The maximum Gasteiger partial charge on any atom is -0.0161 e. The summed E-state index contributed by atoms with van der Waals surface area (Å²) in [5, 5.41) is 0. The van der Waals surface area contributed by atoms with Gasteiger partial charge in [-0.3, -0.25) is 0 Å². The topological polar surface area (TPSA) is 0 Å². The number of benzene rings is 1. The summed E-state index contributed by atoms with van der Waals surface area (Å²) < 4.78 is 0. The highest BCUT2D eigenvalue weighted by Gasteiger charge is 1.96. The molecule has 0 aliphatic carbocycles. The second-order valence-electron chi connectivity index (χ2n) is 3.23. The molecule has 0 nitrogen and oxygen atoms in total. The Bertz CT molecular complexity index is 367. The molecular formula is C14H16. The molecule has 0 N–H and O–H groups in total. The smallest absolute Gasteiger partial charge is 0.0161 e. The summed E-state index contributed by atoms with van der Waals surface area (Å²) in [6.07, 6.45) is 8.04. The van der Waals surface area contributed by atoms with Crippen molar-refractivity contribution < 1.29 is 0 Å². The third-order valence-electron chi connectivity index (χ3n) is 2.09. The van der Waals surface area contributed by atoms with E-state index in [4.69, 9.17) is 0 Å². The lowest BCUT2D eigenvalue weighted by molar-refractivity contribution is 1.43. The van der Waals surface area contributed by atoms with Crippen molar-refractivity contribution in [1.29, 1.82) is 0 Å². The summed E-state index contributed by atoms with van der Waals surface area (Å²) in [4.78, 5) is 0. The van der Waals surface area contributed by atoms with Crippen LogP contribution < -0.4 is 0 Å². The third kappa shape index (κ3) is 2.74. The van der Waals surface area contributed by atoms with E-state index in [1.54, 1.807) is 0 Å². The van der Waals surface area contributed by atoms with E-state index in [2.05, 4.69) is 25.6 Å². The lowest BCUT2D eigenvalue weighted by atomic mass is 10.0. The lowest BCUT2D eigenvalue weighted by Crippen LogP contribution is -1.83. The molecule has 0 spiro atoms. The maximum absolute atomic E-state index is 4.04. The van der Waals surface area contributed by atoms with E-state index < -0.39 is 0 Å².